The van der Waals surface area contributed by atoms with Crippen molar-refractivity contribution in [3.05, 3.63) is 80.6 Å². The van der Waals surface area contributed by atoms with Crippen molar-refractivity contribution in [3.63, 3.8) is 0 Å². The molecule has 4 rings (SSSR count). The first kappa shape index (κ1) is 17.8. The quantitative estimate of drug-likeness (QED) is 0.363. The number of anilines is 1. The maximum absolute atomic E-state index is 12.5. The molecule has 1 aliphatic rings. The summed E-state index contributed by atoms with van der Waals surface area (Å²) in [4.78, 5) is 16.4. The van der Waals surface area contributed by atoms with E-state index in [9.17, 15) is 4.79 Å². The van der Waals surface area contributed by atoms with Crippen LogP contribution in [-0.2, 0) is 0 Å². The first-order valence-electron chi connectivity index (χ1n) is 7.86. The zero-order valence-electron chi connectivity index (χ0n) is 13.6. The summed E-state index contributed by atoms with van der Waals surface area (Å²) in [5, 5.41) is 4.13. The molecule has 1 heterocycles. The van der Waals surface area contributed by atoms with Crippen LogP contribution < -0.4 is 11.2 Å². The lowest BCUT2D eigenvalue weighted by Gasteiger charge is -2.08. The second-order valence-corrected chi connectivity index (χ2v) is 6.90. The Morgan fingerprint density at radius 3 is 1.96 bits per heavy atom. The molecular weight excluding hydrogens is 407 g/mol. The van der Waals surface area contributed by atoms with Gasteiger partial charge in [-0.3, -0.25) is 4.79 Å². The van der Waals surface area contributed by atoms with Crippen LogP contribution in [0.3, 0.4) is 0 Å². The Balaban J connectivity index is 1.73. The van der Waals surface area contributed by atoms with Gasteiger partial charge in [-0.05, 0) is 11.1 Å². The number of hydrazone groups is 1. The zero-order chi connectivity index (χ0) is 19.1. The molecule has 0 saturated heterocycles. The highest BCUT2D eigenvalue weighted by Crippen LogP contribution is 2.37. The third-order valence-electron chi connectivity index (χ3n) is 4.21. The van der Waals surface area contributed by atoms with E-state index in [0.29, 0.717) is 5.71 Å². The van der Waals surface area contributed by atoms with E-state index in [-0.39, 0.29) is 26.6 Å². The van der Waals surface area contributed by atoms with Gasteiger partial charge in [0.2, 0.25) is 0 Å². The molecule has 0 saturated carbocycles. The summed E-state index contributed by atoms with van der Waals surface area (Å²) in [5.41, 5.74) is 12.7. The predicted molar refractivity (Wildman–Crippen MR) is 109 cm³/mol. The van der Waals surface area contributed by atoms with Gasteiger partial charge < -0.3 is 5.73 Å². The molecule has 8 heteroatoms. The number of carbonyl (C=O) groups is 1. The average Bonchev–Trinajstić information content (AvgIpc) is 3.01. The molecular formula is C19H11Cl3N4O. The highest BCUT2D eigenvalue weighted by molar-refractivity contribution is 6.46. The number of nitrogens with one attached hydrogen (secondary N) is 1. The number of carbonyl (C=O) groups excluding carboxylic acids is 1. The molecule has 2 aromatic carbocycles. The average molecular weight is 418 g/mol. The predicted octanol–water partition coefficient (Wildman–Crippen LogP) is 4.79. The Morgan fingerprint density at radius 1 is 0.889 bits per heavy atom. The van der Waals surface area contributed by atoms with Gasteiger partial charge in [0.15, 0.2) is 10.8 Å². The van der Waals surface area contributed by atoms with Crippen molar-refractivity contribution in [3.8, 4) is 11.1 Å². The monoisotopic (exact) mass is 416 g/mol. The van der Waals surface area contributed by atoms with Crippen LogP contribution in [0.1, 0.15) is 21.6 Å². The third-order valence-corrected chi connectivity index (χ3v) is 5.35. The highest BCUT2D eigenvalue weighted by Gasteiger charge is 2.25. The molecule has 1 amide bonds. The molecule has 1 aliphatic carbocycles. The highest BCUT2D eigenvalue weighted by atomic mass is 35.5. The summed E-state index contributed by atoms with van der Waals surface area (Å²) in [6.07, 6.45) is 0. The number of fused-ring (bicyclic) bond motifs is 3. The van der Waals surface area contributed by atoms with Crippen molar-refractivity contribution in [2.24, 2.45) is 5.10 Å². The van der Waals surface area contributed by atoms with Gasteiger partial charge in [0.05, 0.1) is 16.4 Å². The molecule has 0 aliphatic heterocycles. The van der Waals surface area contributed by atoms with Crippen molar-refractivity contribution in [2.75, 3.05) is 5.73 Å². The van der Waals surface area contributed by atoms with Crippen LogP contribution in [-0.4, -0.2) is 16.6 Å². The SMILES string of the molecule is Nc1c(Cl)c(Cl)nc(C(=O)NN=C2c3ccccc3-c3ccccc32)c1Cl. The Labute approximate surface area is 169 Å². The van der Waals surface area contributed by atoms with Crippen molar-refractivity contribution in [2.45, 2.75) is 0 Å². The Morgan fingerprint density at radius 2 is 1.41 bits per heavy atom. The van der Waals surface area contributed by atoms with Gasteiger partial charge in [-0.15, -0.1) is 0 Å². The summed E-state index contributed by atoms with van der Waals surface area (Å²) in [7, 11) is 0. The number of aromatic nitrogens is 1. The third kappa shape index (κ3) is 2.94. The summed E-state index contributed by atoms with van der Waals surface area (Å²) in [5.74, 6) is -0.639. The molecule has 1 aromatic heterocycles. The molecule has 134 valence electrons. The Hall–Kier alpha value is -2.60. The standard InChI is InChI=1S/C19H11Cl3N4O/c20-13-15(23)14(21)18(22)24-17(13)19(27)26-25-16-11-7-3-1-5-9(11)10-6-2-4-8-12(10)16/h1-8H,(H2,23,24)(H,26,27). The summed E-state index contributed by atoms with van der Waals surface area (Å²) in [6, 6.07) is 15.7. The van der Waals surface area contributed by atoms with Gasteiger partial charge in [-0.2, -0.15) is 5.10 Å². The van der Waals surface area contributed by atoms with Gasteiger partial charge in [-0.25, -0.2) is 10.4 Å². The minimum absolute atomic E-state index is 0.00294. The fraction of sp³-hybridized carbons (Fsp3) is 0. The van der Waals surface area contributed by atoms with Gasteiger partial charge in [-0.1, -0.05) is 83.3 Å². The van der Waals surface area contributed by atoms with E-state index < -0.39 is 5.91 Å². The molecule has 3 aromatic rings. The molecule has 0 radical (unpaired) electrons. The molecule has 0 spiro atoms. The van der Waals surface area contributed by atoms with Gasteiger partial charge >= 0.3 is 0 Å². The lowest BCUT2D eigenvalue weighted by Crippen LogP contribution is -2.22. The summed E-state index contributed by atoms with van der Waals surface area (Å²) in [6.45, 7) is 0. The van der Waals surface area contributed by atoms with Crippen LogP contribution in [0.4, 0.5) is 5.69 Å². The normalized spacial score (nSPS) is 11.7. The maximum Gasteiger partial charge on any atom is 0.291 e. The smallest absolute Gasteiger partial charge is 0.291 e. The first-order chi connectivity index (χ1) is 13.0. The van der Waals surface area contributed by atoms with E-state index in [1.165, 1.54) is 0 Å². The van der Waals surface area contributed by atoms with E-state index in [1.807, 2.05) is 48.5 Å². The van der Waals surface area contributed by atoms with Crippen LogP contribution >= 0.6 is 34.8 Å². The lowest BCUT2D eigenvalue weighted by molar-refractivity contribution is 0.0950. The van der Waals surface area contributed by atoms with Crippen LogP contribution in [0.15, 0.2) is 53.6 Å². The molecule has 3 N–H and O–H groups in total. The number of rotatable bonds is 2. The van der Waals surface area contributed by atoms with Crippen LogP contribution in [0.2, 0.25) is 15.2 Å². The number of hydrogen-bond acceptors (Lipinski definition) is 4. The number of nitrogens with two attached hydrogens (primary N) is 1. The number of hydrogen-bond donors (Lipinski definition) is 2. The maximum atomic E-state index is 12.5. The van der Waals surface area contributed by atoms with E-state index >= 15 is 0 Å². The number of halogens is 3. The van der Waals surface area contributed by atoms with E-state index in [1.54, 1.807) is 0 Å². The van der Waals surface area contributed by atoms with E-state index in [0.717, 1.165) is 22.3 Å². The fourth-order valence-electron chi connectivity index (χ4n) is 2.96. The Kier molecular flexibility index (Phi) is 4.52. The molecule has 5 nitrogen and oxygen atoms in total. The molecule has 0 fully saturated rings. The number of pyridine rings is 1. The first-order valence-corrected chi connectivity index (χ1v) is 8.99. The van der Waals surface area contributed by atoms with Gasteiger partial charge in [0.25, 0.3) is 5.91 Å². The van der Waals surface area contributed by atoms with Gasteiger partial charge in [0.1, 0.15) is 5.02 Å². The van der Waals surface area contributed by atoms with E-state index in [2.05, 4.69) is 15.5 Å². The molecule has 27 heavy (non-hydrogen) atoms. The second kappa shape index (κ2) is 6.85. The minimum atomic E-state index is -0.639. The summed E-state index contributed by atoms with van der Waals surface area (Å²) >= 11 is 17.9. The Bertz CT molecular complexity index is 1080. The largest absolute Gasteiger partial charge is 0.396 e. The second-order valence-electron chi connectivity index (χ2n) is 5.79. The zero-order valence-corrected chi connectivity index (χ0v) is 15.9. The topological polar surface area (TPSA) is 80.4 Å². The lowest BCUT2D eigenvalue weighted by atomic mass is 10.1. The number of amides is 1. The van der Waals surface area contributed by atoms with Crippen molar-refractivity contribution in [1.82, 2.24) is 10.4 Å². The van der Waals surface area contributed by atoms with Crippen LogP contribution in [0, 0.1) is 0 Å². The number of nitrogen functional groups attached to an aromatic ring is 1. The molecule has 0 atom stereocenters. The minimum Gasteiger partial charge on any atom is -0.396 e. The van der Waals surface area contributed by atoms with E-state index in [4.69, 9.17) is 40.5 Å². The van der Waals surface area contributed by atoms with Crippen molar-refractivity contribution in [1.29, 1.82) is 0 Å². The van der Waals surface area contributed by atoms with Gasteiger partial charge in [0, 0.05) is 11.1 Å². The molecule has 0 unspecified atom stereocenters. The van der Waals surface area contributed by atoms with Crippen LogP contribution in [0.5, 0.6) is 0 Å². The van der Waals surface area contributed by atoms with Crippen molar-refractivity contribution < 1.29 is 4.79 Å². The number of nitrogens with zero attached hydrogens (tertiary/aromatic N) is 2. The van der Waals surface area contributed by atoms with Crippen molar-refractivity contribution >= 4 is 52.1 Å². The van der Waals surface area contributed by atoms with Crippen LogP contribution in [0.25, 0.3) is 11.1 Å². The fourth-order valence-corrected chi connectivity index (χ4v) is 3.55. The molecule has 0 bridgehead atoms. The number of benzene rings is 2. The summed E-state index contributed by atoms with van der Waals surface area (Å²) < 4.78 is 0.